The van der Waals surface area contributed by atoms with Gasteiger partial charge in [0.05, 0.1) is 0 Å². The van der Waals surface area contributed by atoms with Crippen LogP contribution in [-0.4, -0.2) is 17.1 Å². The molecule has 1 amide bonds. The lowest BCUT2D eigenvalue weighted by Crippen LogP contribution is -2.42. The second kappa shape index (κ2) is 3.65. The summed E-state index contributed by atoms with van der Waals surface area (Å²) in [4.78, 5) is 11.4. The molecule has 14 heavy (non-hydrogen) atoms. The third-order valence-electron chi connectivity index (χ3n) is 2.11. The zero-order chi connectivity index (χ0) is 9.97. The first-order chi connectivity index (χ1) is 6.74. The molecular weight excluding hydrogens is 180 g/mol. The molecule has 0 spiro atoms. The van der Waals surface area contributed by atoms with Crippen LogP contribution in [0.25, 0.3) is 0 Å². The minimum absolute atomic E-state index is 0.00287. The molecule has 0 aromatic carbocycles. The predicted molar refractivity (Wildman–Crippen MR) is 49.5 cm³/mol. The first-order valence-electron chi connectivity index (χ1n) is 4.71. The van der Waals surface area contributed by atoms with Gasteiger partial charge in [-0.2, -0.15) is 4.57 Å². The summed E-state index contributed by atoms with van der Waals surface area (Å²) < 4.78 is 1.66. The molecule has 1 aliphatic carbocycles. The number of nitrogens with one attached hydrogen (secondary N) is 1. The molecule has 0 bridgehead atoms. The first-order valence-corrected chi connectivity index (χ1v) is 4.71. The van der Waals surface area contributed by atoms with Gasteiger partial charge in [0.2, 0.25) is 12.7 Å². The molecule has 1 aromatic rings. The van der Waals surface area contributed by atoms with E-state index in [1.807, 2.05) is 0 Å². The van der Waals surface area contributed by atoms with E-state index in [1.54, 1.807) is 22.9 Å². The fourth-order valence-corrected chi connectivity index (χ4v) is 1.27. The molecular formula is C10H13N2O2+. The highest BCUT2D eigenvalue weighted by atomic mass is 16.3. The Bertz CT molecular complexity index is 348. The number of carbonyl (C=O) groups is 1. The normalized spacial score (nSPS) is 15.1. The highest BCUT2D eigenvalue weighted by Crippen LogP contribution is 2.18. The number of hydrogen-bond donors (Lipinski definition) is 2. The van der Waals surface area contributed by atoms with Gasteiger partial charge in [0, 0.05) is 12.1 Å². The van der Waals surface area contributed by atoms with Crippen molar-refractivity contribution < 1.29 is 14.5 Å². The van der Waals surface area contributed by atoms with Crippen LogP contribution < -0.4 is 9.88 Å². The molecule has 4 nitrogen and oxygen atoms in total. The molecule has 0 saturated heterocycles. The van der Waals surface area contributed by atoms with E-state index in [4.69, 9.17) is 5.11 Å². The van der Waals surface area contributed by atoms with Crippen molar-refractivity contribution in [2.24, 2.45) is 0 Å². The van der Waals surface area contributed by atoms with E-state index in [9.17, 15) is 4.79 Å². The lowest BCUT2D eigenvalue weighted by Gasteiger charge is -1.99. The molecule has 1 saturated carbocycles. The lowest BCUT2D eigenvalue weighted by atomic mass is 10.4. The number of rotatable bonds is 3. The maximum atomic E-state index is 11.4. The fourth-order valence-electron chi connectivity index (χ4n) is 1.27. The third kappa shape index (κ3) is 2.45. The highest BCUT2D eigenvalue weighted by Gasteiger charge is 2.24. The van der Waals surface area contributed by atoms with E-state index in [0.29, 0.717) is 6.04 Å². The summed E-state index contributed by atoms with van der Waals surface area (Å²) in [7, 11) is 0. The number of hydrogen-bond acceptors (Lipinski definition) is 2. The molecule has 0 atom stereocenters. The van der Waals surface area contributed by atoms with E-state index >= 15 is 0 Å². The molecule has 1 fully saturated rings. The third-order valence-corrected chi connectivity index (χ3v) is 2.11. The Morgan fingerprint density at radius 3 is 3.07 bits per heavy atom. The van der Waals surface area contributed by atoms with Gasteiger partial charge in [-0.15, -0.1) is 0 Å². The van der Waals surface area contributed by atoms with Gasteiger partial charge >= 0.3 is 0 Å². The largest absolute Gasteiger partial charge is 0.503 e. The number of carbonyl (C=O) groups excluding carboxylic acids is 1. The minimum atomic E-state index is 0.00287. The zero-order valence-corrected chi connectivity index (χ0v) is 7.81. The van der Waals surface area contributed by atoms with Gasteiger partial charge in [0.15, 0.2) is 11.9 Å². The molecule has 1 aromatic heterocycles. The number of aromatic hydroxyl groups is 1. The Balaban J connectivity index is 1.92. The van der Waals surface area contributed by atoms with E-state index in [2.05, 4.69) is 5.32 Å². The topological polar surface area (TPSA) is 53.2 Å². The second-order valence-electron chi connectivity index (χ2n) is 3.58. The summed E-state index contributed by atoms with van der Waals surface area (Å²) in [6.07, 6.45) is 5.48. The van der Waals surface area contributed by atoms with Crippen molar-refractivity contribution in [1.29, 1.82) is 0 Å². The van der Waals surface area contributed by atoms with Crippen LogP contribution in [0.3, 0.4) is 0 Å². The van der Waals surface area contributed by atoms with Crippen LogP contribution in [0.4, 0.5) is 0 Å². The van der Waals surface area contributed by atoms with Crippen molar-refractivity contribution in [1.82, 2.24) is 5.32 Å². The molecule has 1 heterocycles. The van der Waals surface area contributed by atoms with Crippen LogP contribution >= 0.6 is 0 Å². The molecule has 2 rings (SSSR count). The highest BCUT2D eigenvalue weighted by molar-refractivity contribution is 5.75. The standard InChI is InChI=1S/C10H12N2O2/c13-9-2-1-5-12(6-9)7-10(14)11-8-3-4-8/h1-2,5-6,8H,3-4,7H2,(H-,11,13,14)/p+1. The predicted octanol–water partition coefficient (Wildman–Crippen LogP) is -0.0417. The summed E-state index contributed by atoms with van der Waals surface area (Å²) in [6, 6.07) is 3.68. The number of pyridine rings is 1. The van der Waals surface area contributed by atoms with Gasteiger partial charge in [-0.1, -0.05) is 0 Å². The second-order valence-corrected chi connectivity index (χ2v) is 3.58. The average Bonchev–Trinajstić information content (AvgIpc) is 2.87. The van der Waals surface area contributed by atoms with Gasteiger partial charge in [0.25, 0.3) is 5.91 Å². The van der Waals surface area contributed by atoms with Crippen molar-refractivity contribution in [3.05, 3.63) is 24.5 Å². The summed E-state index contributed by atoms with van der Waals surface area (Å²) in [5, 5.41) is 12.0. The quantitative estimate of drug-likeness (QED) is 0.662. The maximum absolute atomic E-state index is 11.4. The maximum Gasteiger partial charge on any atom is 0.286 e. The van der Waals surface area contributed by atoms with Crippen LogP contribution in [-0.2, 0) is 11.3 Å². The van der Waals surface area contributed by atoms with Crippen LogP contribution in [0.5, 0.6) is 5.75 Å². The van der Waals surface area contributed by atoms with Crippen molar-refractivity contribution in [3.8, 4) is 5.75 Å². The molecule has 0 radical (unpaired) electrons. The van der Waals surface area contributed by atoms with Crippen LogP contribution in [0.15, 0.2) is 24.5 Å². The molecule has 0 unspecified atom stereocenters. The van der Waals surface area contributed by atoms with Crippen LogP contribution in [0.2, 0.25) is 0 Å². The monoisotopic (exact) mass is 193 g/mol. The first kappa shape index (κ1) is 8.99. The van der Waals surface area contributed by atoms with Crippen molar-refractivity contribution >= 4 is 5.91 Å². The van der Waals surface area contributed by atoms with Gasteiger partial charge in [-0.25, -0.2) is 0 Å². The van der Waals surface area contributed by atoms with Crippen molar-refractivity contribution in [2.75, 3.05) is 0 Å². The summed E-state index contributed by atoms with van der Waals surface area (Å²) in [5.41, 5.74) is 0. The van der Waals surface area contributed by atoms with Crippen LogP contribution in [0, 0.1) is 0 Å². The summed E-state index contributed by atoms with van der Waals surface area (Å²) >= 11 is 0. The smallest absolute Gasteiger partial charge is 0.286 e. The van der Waals surface area contributed by atoms with Crippen molar-refractivity contribution in [3.63, 3.8) is 0 Å². The van der Waals surface area contributed by atoms with E-state index in [0.717, 1.165) is 12.8 Å². The van der Waals surface area contributed by atoms with Gasteiger partial charge < -0.3 is 10.4 Å². The van der Waals surface area contributed by atoms with Crippen LogP contribution in [0.1, 0.15) is 12.8 Å². The Kier molecular flexibility index (Phi) is 2.35. The van der Waals surface area contributed by atoms with Gasteiger partial charge in [0.1, 0.15) is 0 Å². The Morgan fingerprint density at radius 2 is 2.43 bits per heavy atom. The number of nitrogens with zero attached hydrogens (tertiary/aromatic N) is 1. The molecule has 2 N–H and O–H groups in total. The summed E-state index contributed by atoms with van der Waals surface area (Å²) in [5.74, 6) is 0.176. The van der Waals surface area contributed by atoms with E-state index < -0.39 is 0 Å². The molecule has 74 valence electrons. The van der Waals surface area contributed by atoms with E-state index in [-0.39, 0.29) is 18.2 Å². The van der Waals surface area contributed by atoms with Crippen molar-refractivity contribution in [2.45, 2.75) is 25.4 Å². The van der Waals surface area contributed by atoms with Gasteiger partial charge in [-0.05, 0) is 18.9 Å². The Hall–Kier alpha value is -1.58. The Morgan fingerprint density at radius 1 is 1.64 bits per heavy atom. The molecule has 0 aliphatic heterocycles. The summed E-state index contributed by atoms with van der Waals surface area (Å²) in [6.45, 7) is 0.269. The molecule has 4 heteroatoms. The zero-order valence-electron chi connectivity index (χ0n) is 7.81. The van der Waals surface area contributed by atoms with Gasteiger partial charge in [-0.3, -0.25) is 4.79 Å². The Labute approximate surface area is 82.2 Å². The van der Waals surface area contributed by atoms with E-state index in [1.165, 1.54) is 6.20 Å². The average molecular weight is 193 g/mol. The minimum Gasteiger partial charge on any atom is -0.503 e. The number of amides is 1. The number of aromatic nitrogens is 1. The lowest BCUT2D eigenvalue weighted by molar-refractivity contribution is -0.684. The fraction of sp³-hybridized carbons (Fsp3) is 0.400. The molecule has 1 aliphatic rings. The SMILES string of the molecule is O=C(C[n+]1cccc(O)c1)NC1CC1.